The first kappa shape index (κ1) is 19.6. The molecule has 1 aliphatic rings. The van der Waals surface area contributed by atoms with Gasteiger partial charge in [0.1, 0.15) is 11.9 Å². The van der Waals surface area contributed by atoms with Crippen LogP contribution in [0.4, 0.5) is 4.39 Å². The largest absolute Gasteiger partial charge is 0.461 e. The van der Waals surface area contributed by atoms with Crippen molar-refractivity contribution in [3.8, 4) is 0 Å². The van der Waals surface area contributed by atoms with Gasteiger partial charge >= 0.3 is 5.97 Å². The molecule has 0 saturated carbocycles. The summed E-state index contributed by atoms with van der Waals surface area (Å²) in [6.45, 7) is 6.95. The molecule has 0 aliphatic carbocycles. The van der Waals surface area contributed by atoms with Gasteiger partial charge in [-0.3, -0.25) is 4.79 Å². The molecule has 1 heterocycles. The van der Waals surface area contributed by atoms with Gasteiger partial charge in [0.15, 0.2) is 0 Å². The van der Waals surface area contributed by atoms with Crippen LogP contribution >= 0.6 is 0 Å². The Balaban J connectivity index is 0.000000277. The molecule has 0 amide bonds. The third-order valence-corrected chi connectivity index (χ3v) is 3.64. The number of cyclic esters (lactones) is 1. The minimum absolute atomic E-state index is 0.0539. The third kappa shape index (κ3) is 8.09. The SMILES string of the molecule is CCCC1COC[C@H](N)C(=O)OC(C)C1.Cc1ccc(F)cc1. The van der Waals surface area contributed by atoms with Crippen LogP contribution in [0.2, 0.25) is 0 Å². The lowest BCUT2D eigenvalue weighted by molar-refractivity contribution is -0.150. The Bertz CT molecular complexity index is 443. The van der Waals surface area contributed by atoms with Crippen molar-refractivity contribution in [1.29, 1.82) is 0 Å². The predicted octanol–water partition coefficient (Wildman–Crippen LogP) is 3.22. The van der Waals surface area contributed by atoms with Gasteiger partial charge in [-0.1, -0.05) is 31.0 Å². The Kier molecular flexibility index (Phi) is 8.81. The molecule has 23 heavy (non-hydrogen) atoms. The summed E-state index contributed by atoms with van der Waals surface area (Å²) in [4.78, 5) is 11.4. The summed E-state index contributed by atoms with van der Waals surface area (Å²) in [5, 5.41) is 0. The molecule has 4 nitrogen and oxygen atoms in total. The van der Waals surface area contributed by atoms with Crippen molar-refractivity contribution >= 4 is 5.97 Å². The van der Waals surface area contributed by atoms with Gasteiger partial charge < -0.3 is 15.2 Å². The summed E-state index contributed by atoms with van der Waals surface area (Å²) >= 11 is 0. The number of carbonyl (C=O) groups is 1. The molecule has 0 radical (unpaired) electrons. The second kappa shape index (κ2) is 10.3. The zero-order valence-corrected chi connectivity index (χ0v) is 14.3. The molecule has 1 fully saturated rings. The van der Waals surface area contributed by atoms with Crippen molar-refractivity contribution in [2.45, 2.75) is 52.2 Å². The van der Waals surface area contributed by atoms with Crippen LogP contribution < -0.4 is 5.73 Å². The van der Waals surface area contributed by atoms with Crippen LogP contribution in [-0.4, -0.2) is 31.3 Å². The lowest BCUT2D eigenvalue weighted by atomic mass is 9.98. The lowest BCUT2D eigenvalue weighted by Gasteiger charge is -2.18. The number of hydrogen-bond acceptors (Lipinski definition) is 4. The monoisotopic (exact) mass is 325 g/mol. The Morgan fingerprint density at radius 1 is 1.26 bits per heavy atom. The van der Waals surface area contributed by atoms with Gasteiger partial charge in [0.05, 0.1) is 12.7 Å². The highest BCUT2D eigenvalue weighted by molar-refractivity contribution is 5.75. The molecule has 2 unspecified atom stereocenters. The fourth-order valence-corrected chi connectivity index (χ4v) is 2.44. The van der Waals surface area contributed by atoms with Gasteiger partial charge in [0.2, 0.25) is 0 Å². The van der Waals surface area contributed by atoms with Gasteiger partial charge in [-0.25, -0.2) is 4.39 Å². The normalized spacial score (nSPS) is 25.3. The fraction of sp³-hybridized carbons (Fsp3) is 0.611. The number of rotatable bonds is 2. The van der Waals surface area contributed by atoms with Crippen molar-refractivity contribution in [1.82, 2.24) is 0 Å². The van der Waals surface area contributed by atoms with Gasteiger partial charge in [0, 0.05) is 6.61 Å². The van der Waals surface area contributed by atoms with E-state index in [-0.39, 0.29) is 24.5 Å². The van der Waals surface area contributed by atoms with Crippen molar-refractivity contribution in [2.24, 2.45) is 11.7 Å². The topological polar surface area (TPSA) is 61.5 Å². The average Bonchev–Trinajstić information content (AvgIpc) is 2.55. The fourth-order valence-electron chi connectivity index (χ4n) is 2.44. The summed E-state index contributed by atoms with van der Waals surface area (Å²) in [5.74, 6) is -0.0432. The second-order valence-electron chi connectivity index (χ2n) is 6.08. The van der Waals surface area contributed by atoms with Crippen molar-refractivity contribution in [3.05, 3.63) is 35.6 Å². The van der Waals surface area contributed by atoms with E-state index in [0.717, 1.165) is 24.8 Å². The molecular formula is C18H28FNO3. The van der Waals surface area contributed by atoms with Crippen LogP contribution in [-0.2, 0) is 14.3 Å². The number of nitrogens with two attached hydrogens (primary N) is 1. The first-order chi connectivity index (χ1) is 10.9. The van der Waals surface area contributed by atoms with Crippen LogP contribution in [0.15, 0.2) is 24.3 Å². The number of hydrogen-bond donors (Lipinski definition) is 1. The molecule has 1 aliphatic heterocycles. The Hall–Kier alpha value is -1.46. The van der Waals surface area contributed by atoms with E-state index in [1.165, 1.54) is 12.1 Å². The van der Waals surface area contributed by atoms with E-state index in [1.54, 1.807) is 12.1 Å². The van der Waals surface area contributed by atoms with E-state index in [9.17, 15) is 9.18 Å². The molecule has 0 spiro atoms. The maximum Gasteiger partial charge on any atom is 0.325 e. The summed E-state index contributed by atoms with van der Waals surface area (Å²) < 4.78 is 22.7. The standard InChI is InChI=1S/C11H21NO3.C7H7F/c1-3-4-9-5-8(2)15-11(13)10(12)7-14-6-9;1-6-2-4-7(8)5-3-6/h8-10H,3-7,12H2,1-2H3;2-5H,1H3/t8?,9?,10-;/m0./s1. The smallest absolute Gasteiger partial charge is 0.325 e. The summed E-state index contributed by atoms with van der Waals surface area (Å²) in [5.41, 5.74) is 6.69. The van der Waals surface area contributed by atoms with Crippen LogP contribution in [0.3, 0.4) is 0 Å². The van der Waals surface area contributed by atoms with Gasteiger partial charge in [-0.05, 0) is 44.7 Å². The second-order valence-corrected chi connectivity index (χ2v) is 6.08. The number of carbonyl (C=O) groups excluding carboxylic acids is 1. The van der Waals surface area contributed by atoms with Crippen molar-refractivity contribution in [2.75, 3.05) is 13.2 Å². The average molecular weight is 325 g/mol. The summed E-state index contributed by atoms with van der Waals surface area (Å²) in [6, 6.07) is 5.77. The molecule has 0 aromatic heterocycles. The predicted molar refractivity (Wildman–Crippen MR) is 88.5 cm³/mol. The highest BCUT2D eigenvalue weighted by atomic mass is 19.1. The van der Waals surface area contributed by atoms with E-state index in [4.69, 9.17) is 15.2 Å². The molecule has 5 heteroatoms. The molecule has 1 aromatic carbocycles. The number of ether oxygens (including phenoxy) is 2. The number of benzene rings is 1. The van der Waals surface area contributed by atoms with Crippen molar-refractivity contribution in [3.63, 3.8) is 0 Å². The Morgan fingerprint density at radius 3 is 2.48 bits per heavy atom. The lowest BCUT2D eigenvalue weighted by Crippen LogP contribution is -2.37. The van der Waals surface area contributed by atoms with Crippen molar-refractivity contribution < 1.29 is 18.7 Å². The van der Waals surface area contributed by atoms with E-state index in [1.807, 2.05) is 13.8 Å². The number of esters is 1. The number of halogens is 1. The first-order valence-corrected chi connectivity index (χ1v) is 8.18. The molecule has 130 valence electrons. The molecule has 1 aromatic rings. The zero-order chi connectivity index (χ0) is 17.2. The van der Waals surface area contributed by atoms with Gasteiger partial charge in [-0.15, -0.1) is 0 Å². The zero-order valence-electron chi connectivity index (χ0n) is 14.3. The van der Waals surface area contributed by atoms with Gasteiger partial charge in [-0.2, -0.15) is 0 Å². The molecule has 1 saturated heterocycles. The maximum absolute atomic E-state index is 12.1. The Morgan fingerprint density at radius 2 is 1.91 bits per heavy atom. The Labute approximate surface area is 138 Å². The van der Waals surface area contributed by atoms with E-state index >= 15 is 0 Å². The summed E-state index contributed by atoms with van der Waals surface area (Å²) in [6.07, 6.45) is 3.05. The maximum atomic E-state index is 12.1. The quantitative estimate of drug-likeness (QED) is 0.848. The highest BCUT2D eigenvalue weighted by Gasteiger charge is 2.23. The van der Waals surface area contributed by atoms with Crippen LogP contribution in [0.1, 0.15) is 38.7 Å². The molecule has 2 rings (SSSR count). The van der Waals surface area contributed by atoms with E-state index in [2.05, 4.69) is 6.92 Å². The molecule has 3 atom stereocenters. The van der Waals surface area contributed by atoms with Gasteiger partial charge in [0.25, 0.3) is 0 Å². The van der Waals surface area contributed by atoms with Crippen LogP contribution in [0.25, 0.3) is 0 Å². The molecule has 2 N–H and O–H groups in total. The van der Waals surface area contributed by atoms with E-state index < -0.39 is 6.04 Å². The third-order valence-electron chi connectivity index (χ3n) is 3.64. The van der Waals surface area contributed by atoms with Crippen LogP contribution in [0, 0.1) is 18.7 Å². The number of aryl methyl sites for hydroxylation is 1. The minimum Gasteiger partial charge on any atom is -0.461 e. The molecule has 0 bridgehead atoms. The first-order valence-electron chi connectivity index (χ1n) is 8.18. The highest BCUT2D eigenvalue weighted by Crippen LogP contribution is 2.17. The van der Waals surface area contributed by atoms with E-state index in [0.29, 0.717) is 12.5 Å². The summed E-state index contributed by atoms with van der Waals surface area (Å²) in [7, 11) is 0. The minimum atomic E-state index is -0.632. The van der Waals surface area contributed by atoms with Crippen LogP contribution in [0.5, 0.6) is 0 Å². The molecular weight excluding hydrogens is 297 g/mol.